The van der Waals surface area contributed by atoms with E-state index in [2.05, 4.69) is 19.2 Å². The lowest BCUT2D eigenvalue weighted by Crippen LogP contribution is -2.35. The van der Waals surface area contributed by atoms with E-state index in [1.807, 2.05) is 23.1 Å². The molecule has 1 aliphatic heterocycles. The van der Waals surface area contributed by atoms with Gasteiger partial charge in [0.25, 0.3) is 5.91 Å². The van der Waals surface area contributed by atoms with Crippen molar-refractivity contribution in [1.82, 2.24) is 4.90 Å². The summed E-state index contributed by atoms with van der Waals surface area (Å²) in [6.07, 6.45) is 7.30. The van der Waals surface area contributed by atoms with E-state index in [9.17, 15) is 9.59 Å². The number of nitrogens with zero attached hydrogens (tertiary/aromatic N) is 1. The van der Waals surface area contributed by atoms with E-state index in [-0.39, 0.29) is 17.7 Å². The number of carbonyl (C=O) groups excluding carboxylic acids is 2. The van der Waals surface area contributed by atoms with Gasteiger partial charge in [0.1, 0.15) is 0 Å². The van der Waals surface area contributed by atoms with Crippen LogP contribution in [0.1, 0.15) is 69.2 Å². The number of likely N-dealkylation sites (tertiary alicyclic amines) is 1. The summed E-state index contributed by atoms with van der Waals surface area (Å²) in [7, 11) is 0. The minimum atomic E-state index is 0.0476. The first-order valence-electron chi connectivity index (χ1n) is 9.36. The molecule has 1 saturated heterocycles. The summed E-state index contributed by atoms with van der Waals surface area (Å²) in [4.78, 5) is 26.9. The second-order valence-corrected chi connectivity index (χ2v) is 6.67. The first-order valence-corrected chi connectivity index (χ1v) is 9.36. The molecule has 1 N–H and O–H groups in total. The van der Waals surface area contributed by atoms with Gasteiger partial charge < -0.3 is 10.2 Å². The molecule has 2 amide bonds. The predicted octanol–water partition coefficient (Wildman–Crippen LogP) is 4.47. The van der Waals surface area contributed by atoms with E-state index in [0.29, 0.717) is 5.56 Å². The quantitative estimate of drug-likeness (QED) is 0.802. The van der Waals surface area contributed by atoms with E-state index in [0.717, 1.165) is 57.3 Å². The van der Waals surface area contributed by atoms with Crippen molar-refractivity contribution in [3.8, 4) is 0 Å². The van der Waals surface area contributed by atoms with Crippen LogP contribution < -0.4 is 5.32 Å². The second-order valence-electron chi connectivity index (χ2n) is 6.67. The first-order chi connectivity index (χ1) is 11.7. The molecule has 4 heteroatoms. The number of carbonyl (C=O) groups is 2. The highest BCUT2D eigenvalue weighted by molar-refractivity contribution is 5.97. The molecule has 1 fully saturated rings. The van der Waals surface area contributed by atoms with Gasteiger partial charge in [0.05, 0.1) is 0 Å². The molecular formula is C20H30N2O2. The highest BCUT2D eigenvalue weighted by atomic mass is 16.2. The zero-order valence-corrected chi connectivity index (χ0v) is 15.0. The van der Waals surface area contributed by atoms with Gasteiger partial charge in [0.15, 0.2) is 0 Å². The fraction of sp³-hybridized carbons (Fsp3) is 0.600. The van der Waals surface area contributed by atoms with Gasteiger partial charge in [-0.25, -0.2) is 0 Å². The van der Waals surface area contributed by atoms with Crippen molar-refractivity contribution in [2.75, 3.05) is 18.4 Å². The molecule has 4 nitrogen and oxygen atoms in total. The Morgan fingerprint density at radius 1 is 1.17 bits per heavy atom. The molecular weight excluding hydrogens is 300 g/mol. The van der Waals surface area contributed by atoms with Crippen LogP contribution in [0.15, 0.2) is 24.3 Å². The van der Waals surface area contributed by atoms with E-state index in [1.165, 1.54) is 6.42 Å². The Kier molecular flexibility index (Phi) is 7.29. The van der Waals surface area contributed by atoms with Crippen LogP contribution in [0.5, 0.6) is 0 Å². The van der Waals surface area contributed by atoms with Crippen molar-refractivity contribution in [3.05, 3.63) is 29.8 Å². The van der Waals surface area contributed by atoms with E-state index in [1.54, 1.807) is 6.07 Å². The Bertz CT molecular complexity index is 550. The van der Waals surface area contributed by atoms with Gasteiger partial charge in [-0.15, -0.1) is 0 Å². The van der Waals surface area contributed by atoms with Crippen molar-refractivity contribution >= 4 is 17.5 Å². The highest BCUT2D eigenvalue weighted by Gasteiger charge is 2.19. The molecule has 1 heterocycles. The normalized spacial score (nSPS) is 15.8. The molecule has 0 spiro atoms. The molecule has 0 saturated carbocycles. The standard InChI is InChI=1S/C20H30N2O2/c1-3-5-10-16(4-2)19(23)21-18-12-9-11-17(15-18)20(24)22-13-7-6-8-14-22/h9,11-12,15-16H,3-8,10,13-14H2,1-2H3,(H,21,23). The van der Waals surface area contributed by atoms with Gasteiger partial charge in [0.2, 0.25) is 5.91 Å². The van der Waals surface area contributed by atoms with Crippen molar-refractivity contribution in [3.63, 3.8) is 0 Å². The van der Waals surface area contributed by atoms with Gasteiger partial charge >= 0.3 is 0 Å². The van der Waals surface area contributed by atoms with Crippen molar-refractivity contribution in [2.45, 2.75) is 58.8 Å². The van der Waals surface area contributed by atoms with Crippen molar-refractivity contribution in [1.29, 1.82) is 0 Å². The number of benzene rings is 1. The largest absolute Gasteiger partial charge is 0.339 e. The number of piperidine rings is 1. The Labute approximate surface area is 145 Å². The average molecular weight is 330 g/mol. The lowest BCUT2D eigenvalue weighted by molar-refractivity contribution is -0.120. The summed E-state index contributed by atoms with van der Waals surface area (Å²) >= 11 is 0. The lowest BCUT2D eigenvalue weighted by Gasteiger charge is -2.26. The molecule has 0 radical (unpaired) electrons. The van der Waals surface area contributed by atoms with Crippen LogP contribution >= 0.6 is 0 Å². The fourth-order valence-electron chi connectivity index (χ4n) is 3.23. The zero-order valence-electron chi connectivity index (χ0n) is 15.0. The summed E-state index contributed by atoms with van der Waals surface area (Å²) in [5.41, 5.74) is 1.38. The van der Waals surface area contributed by atoms with E-state index in [4.69, 9.17) is 0 Å². The van der Waals surface area contributed by atoms with Crippen LogP contribution in [0.2, 0.25) is 0 Å². The SMILES string of the molecule is CCCCC(CC)C(=O)Nc1cccc(C(=O)N2CCCCC2)c1. The maximum atomic E-state index is 12.6. The number of nitrogens with one attached hydrogen (secondary N) is 1. The number of rotatable bonds is 7. The molecule has 0 aliphatic carbocycles. The predicted molar refractivity (Wildman–Crippen MR) is 98.1 cm³/mol. The first kappa shape index (κ1) is 18.5. The van der Waals surface area contributed by atoms with Gasteiger partial charge in [-0.05, 0) is 50.3 Å². The molecule has 0 bridgehead atoms. The van der Waals surface area contributed by atoms with E-state index >= 15 is 0 Å². The van der Waals surface area contributed by atoms with Gasteiger partial charge in [0, 0.05) is 30.3 Å². The summed E-state index contributed by atoms with van der Waals surface area (Å²) in [6, 6.07) is 7.35. The maximum absolute atomic E-state index is 12.6. The summed E-state index contributed by atoms with van der Waals surface area (Å²) in [5, 5.41) is 2.99. The van der Waals surface area contributed by atoms with E-state index < -0.39 is 0 Å². The molecule has 132 valence electrons. The Morgan fingerprint density at radius 3 is 2.58 bits per heavy atom. The molecule has 1 aromatic carbocycles. The van der Waals surface area contributed by atoms with Crippen LogP contribution in [0.4, 0.5) is 5.69 Å². The molecule has 1 aliphatic rings. The van der Waals surface area contributed by atoms with Crippen LogP contribution in [-0.4, -0.2) is 29.8 Å². The minimum absolute atomic E-state index is 0.0476. The number of hydrogen-bond acceptors (Lipinski definition) is 2. The molecule has 1 atom stereocenters. The van der Waals surface area contributed by atoms with Gasteiger partial charge in [-0.2, -0.15) is 0 Å². The highest BCUT2D eigenvalue weighted by Crippen LogP contribution is 2.19. The van der Waals surface area contributed by atoms with Crippen LogP contribution in [0.25, 0.3) is 0 Å². The third-order valence-electron chi connectivity index (χ3n) is 4.79. The Hall–Kier alpha value is -1.84. The smallest absolute Gasteiger partial charge is 0.253 e. The maximum Gasteiger partial charge on any atom is 0.253 e. The average Bonchev–Trinajstić information content (AvgIpc) is 2.62. The third kappa shape index (κ3) is 5.08. The minimum Gasteiger partial charge on any atom is -0.339 e. The molecule has 1 aromatic rings. The molecule has 1 unspecified atom stereocenters. The van der Waals surface area contributed by atoms with Crippen LogP contribution in [0, 0.1) is 5.92 Å². The topological polar surface area (TPSA) is 49.4 Å². The monoisotopic (exact) mass is 330 g/mol. The zero-order chi connectivity index (χ0) is 17.4. The van der Waals surface area contributed by atoms with Gasteiger partial charge in [-0.3, -0.25) is 9.59 Å². The lowest BCUT2D eigenvalue weighted by atomic mass is 9.98. The Balaban J connectivity index is 2.01. The third-order valence-corrected chi connectivity index (χ3v) is 4.79. The number of anilines is 1. The van der Waals surface area contributed by atoms with Crippen LogP contribution in [-0.2, 0) is 4.79 Å². The van der Waals surface area contributed by atoms with Crippen molar-refractivity contribution in [2.24, 2.45) is 5.92 Å². The molecule has 0 aromatic heterocycles. The number of unbranched alkanes of at least 4 members (excludes halogenated alkanes) is 1. The van der Waals surface area contributed by atoms with Crippen molar-refractivity contribution < 1.29 is 9.59 Å². The number of hydrogen-bond donors (Lipinski definition) is 1. The van der Waals surface area contributed by atoms with Crippen LogP contribution in [0.3, 0.4) is 0 Å². The Morgan fingerprint density at radius 2 is 1.92 bits per heavy atom. The summed E-state index contributed by atoms with van der Waals surface area (Å²) < 4.78 is 0. The summed E-state index contributed by atoms with van der Waals surface area (Å²) in [6.45, 7) is 5.87. The molecule has 2 rings (SSSR count). The second kappa shape index (κ2) is 9.45. The number of amides is 2. The van der Waals surface area contributed by atoms with Gasteiger partial charge in [-0.1, -0.05) is 32.8 Å². The molecule has 24 heavy (non-hydrogen) atoms. The fourth-order valence-corrected chi connectivity index (χ4v) is 3.23. The summed E-state index contributed by atoms with van der Waals surface area (Å²) in [5.74, 6) is 0.184.